The number of aromatic nitrogens is 2. The molecule has 0 fully saturated rings. The van der Waals surface area contributed by atoms with Crippen LogP contribution >= 0.6 is 11.3 Å². The number of hydrogen-bond acceptors (Lipinski definition) is 10. The Morgan fingerprint density at radius 1 is 0.949 bits per heavy atom. The Kier molecular flexibility index (Phi) is 7.80. The molecule has 0 amide bonds. The van der Waals surface area contributed by atoms with Gasteiger partial charge in [-0.25, -0.2) is 21.8 Å². The molecule has 0 saturated carbocycles. The fourth-order valence-electron chi connectivity index (χ4n) is 4.05. The third-order valence-electron chi connectivity index (χ3n) is 6.09. The number of hydrogen-bond donors (Lipinski definition) is 2. The number of sulfone groups is 2. The van der Waals surface area contributed by atoms with Gasteiger partial charge >= 0.3 is 0 Å². The van der Waals surface area contributed by atoms with Gasteiger partial charge in [0.1, 0.15) is 9.84 Å². The van der Waals surface area contributed by atoms with Crippen molar-refractivity contribution in [3.05, 3.63) is 95.4 Å². The smallest absolute Gasteiger partial charge is 0.206 e. The minimum Gasteiger partial charge on any atom is -0.354 e. The van der Waals surface area contributed by atoms with Crippen molar-refractivity contribution in [3.63, 3.8) is 0 Å². The van der Waals surface area contributed by atoms with Gasteiger partial charge in [0.15, 0.2) is 5.13 Å². The molecule has 2 N–H and O–H groups in total. The van der Waals surface area contributed by atoms with Crippen molar-refractivity contribution in [1.29, 1.82) is 0 Å². The third-order valence-corrected chi connectivity index (χ3v) is 9.85. The van der Waals surface area contributed by atoms with Crippen molar-refractivity contribution < 1.29 is 16.8 Å². The fourth-order valence-corrected chi connectivity index (χ4v) is 6.70. The van der Waals surface area contributed by atoms with Crippen LogP contribution in [0.3, 0.4) is 0 Å². The standard InChI is InChI=1S/C27H27N5O4S3/c1-38(33,34)14-12-28-16-22-17-30-27(37-22)32-13-11-20-15-29-18-26(25(20)19-32)31-21-7-9-24(10-8-21)39(35,36)23-5-3-2-4-6-23/h2-11,13,15,17-18,28,31H,12,14,16,19H2,1H3. The molecule has 1 aliphatic rings. The first-order valence-corrected chi connectivity index (χ1v) is 16.5. The van der Waals surface area contributed by atoms with Gasteiger partial charge in [0.2, 0.25) is 9.84 Å². The number of nitrogens with one attached hydrogen (secondary N) is 2. The minimum absolute atomic E-state index is 0.0969. The van der Waals surface area contributed by atoms with Crippen LogP contribution in [0.15, 0.2) is 89.2 Å². The quantitative estimate of drug-likeness (QED) is 0.265. The van der Waals surface area contributed by atoms with Gasteiger partial charge in [0.05, 0.1) is 34.0 Å². The lowest BCUT2D eigenvalue weighted by Crippen LogP contribution is -2.21. The zero-order valence-electron chi connectivity index (χ0n) is 21.1. The van der Waals surface area contributed by atoms with Gasteiger partial charge in [-0.1, -0.05) is 18.2 Å². The second-order valence-electron chi connectivity index (χ2n) is 9.08. The number of nitrogens with zero attached hydrogens (tertiary/aromatic N) is 3. The Morgan fingerprint density at radius 2 is 1.69 bits per heavy atom. The van der Waals surface area contributed by atoms with Crippen LogP contribution in [0, 0.1) is 0 Å². The summed E-state index contributed by atoms with van der Waals surface area (Å²) in [6.45, 7) is 1.52. The van der Waals surface area contributed by atoms with Crippen molar-refractivity contribution in [3.8, 4) is 0 Å². The normalized spacial score (nSPS) is 13.3. The molecule has 202 valence electrons. The summed E-state index contributed by atoms with van der Waals surface area (Å²) >= 11 is 1.54. The largest absolute Gasteiger partial charge is 0.354 e. The third kappa shape index (κ3) is 6.53. The summed E-state index contributed by atoms with van der Waals surface area (Å²) in [6.07, 6.45) is 10.5. The maximum absolute atomic E-state index is 12.9. The van der Waals surface area contributed by atoms with Crippen LogP contribution in [0.4, 0.5) is 16.5 Å². The number of pyridine rings is 1. The van der Waals surface area contributed by atoms with Gasteiger partial charge in [0.25, 0.3) is 0 Å². The van der Waals surface area contributed by atoms with E-state index in [1.54, 1.807) is 78.3 Å². The fraction of sp³-hybridized carbons (Fsp3) is 0.185. The number of fused-ring (bicyclic) bond motifs is 1. The number of anilines is 3. The lowest BCUT2D eigenvalue weighted by atomic mass is 10.1. The highest BCUT2D eigenvalue weighted by Gasteiger charge is 2.20. The van der Waals surface area contributed by atoms with Crippen LogP contribution in [0.5, 0.6) is 0 Å². The first-order chi connectivity index (χ1) is 18.7. The SMILES string of the molecule is CS(=O)(=O)CCNCc1cnc(N2C=Cc3cncc(Nc4ccc(S(=O)(=O)c5ccccc5)cc4)c3C2)s1. The van der Waals surface area contributed by atoms with E-state index in [1.165, 1.54) is 6.26 Å². The molecule has 0 saturated heterocycles. The van der Waals surface area contributed by atoms with E-state index in [0.29, 0.717) is 19.6 Å². The zero-order chi connectivity index (χ0) is 27.5. The molecule has 9 nitrogen and oxygen atoms in total. The molecule has 39 heavy (non-hydrogen) atoms. The first kappa shape index (κ1) is 27.0. The summed E-state index contributed by atoms with van der Waals surface area (Å²) in [5.74, 6) is 0.0969. The van der Waals surface area contributed by atoms with E-state index in [9.17, 15) is 16.8 Å². The minimum atomic E-state index is -3.59. The van der Waals surface area contributed by atoms with E-state index in [0.717, 1.165) is 32.5 Å². The number of rotatable bonds is 10. The summed E-state index contributed by atoms with van der Waals surface area (Å²) < 4.78 is 48.4. The zero-order valence-corrected chi connectivity index (χ0v) is 23.6. The van der Waals surface area contributed by atoms with Crippen molar-refractivity contribution >= 4 is 53.6 Å². The molecule has 0 spiro atoms. The van der Waals surface area contributed by atoms with Crippen molar-refractivity contribution in [2.45, 2.75) is 22.9 Å². The van der Waals surface area contributed by atoms with E-state index in [1.807, 2.05) is 23.4 Å². The Hall–Kier alpha value is -3.58. The second kappa shape index (κ2) is 11.3. The molecular weight excluding hydrogens is 555 g/mol. The van der Waals surface area contributed by atoms with Crippen LogP contribution < -0.4 is 15.5 Å². The average molecular weight is 582 g/mol. The van der Waals surface area contributed by atoms with E-state index in [2.05, 4.69) is 20.6 Å². The lowest BCUT2D eigenvalue weighted by Gasteiger charge is -2.25. The average Bonchev–Trinajstić information content (AvgIpc) is 3.40. The molecule has 3 heterocycles. The van der Waals surface area contributed by atoms with Crippen molar-refractivity contribution in [2.75, 3.05) is 28.8 Å². The molecule has 1 aliphatic heterocycles. The molecule has 4 aromatic rings. The Bertz CT molecular complexity index is 1700. The van der Waals surface area contributed by atoms with Crippen LogP contribution in [0.1, 0.15) is 16.0 Å². The predicted molar refractivity (Wildman–Crippen MR) is 155 cm³/mol. The van der Waals surface area contributed by atoms with Gasteiger partial charge in [-0.15, -0.1) is 11.3 Å². The first-order valence-electron chi connectivity index (χ1n) is 12.1. The Morgan fingerprint density at radius 3 is 2.44 bits per heavy atom. The van der Waals surface area contributed by atoms with Gasteiger partial charge in [-0.2, -0.15) is 0 Å². The molecule has 0 radical (unpaired) electrons. The Balaban J connectivity index is 1.27. The van der Waals surface area contributed by atoms with Gasteiger partial charge < -0.3 is 15.5 Å². The maximum atomic E-state index is 12.9. The molecule has 0 aliphatic carbocycles. The molecule has 12 heteroatoms. The van der Waals surface area contributed by atoms with Gasteiger partial charge in [0, 0.05) is 59.6 Å². The summed E-state index contributed by atoms with van der Waals surface area (Å²) in [4.78, 5) is 12.5. The highest BCUT2D eigenvalue weighted by molar-refractivity contribution is 7.91. The van der Waals surface area contributed by atoms with Gasteiger partial charge in [-0.05, 0) is 42.5 Å². The summed E-state index contributed by atoms with van der Waals surface area (Å²) in [5.41, 5.74) is 3.59. The molecule has 5 rings (SSSR count). The van der Waals surface area contributed by atoms with Crippen LogP contribution in [-0.2, 0) is 32.8 Å². The van der Waals surface area contributed by atoms with Crippen LogP contribution in [0.25, 0.3) is 6.08 Å². The summed E-state index contributed by atoms with van der Waals surface area (Å²) in [5, 5.41) is 7.36. The molecular formula is C27H27N5O4S3. The van der Waals surface area contributed by atoms with Crippen molar-refractivity contribution in [2.24, 2.45) is 0 Å². The monoisotopic (exact) mass is 581 g/mol. The van der Waals surface area contributed by atoms with E-state index in [4.69, 9.17) is 0 Å². The van der Waals surface area contributed by atoms with Crippen LogP contribution in [0.2, 0.25) is 0 Å². The highest BCUT2D eigenvalue weighted by Crippen LogP contribution is 2.33. The van der Waals surface area contributed by atoms with E-state index >= 15 is 0 Å². The summed E-state index contributed by atoms with van der Waals surface area (Å²) in [6, 6.07) is 15.1. The molecule has 0 bridgehead atoms. The molecule has 0 atom stereocenters. The van der Waals surface area contributed by atoms with Crippen LogP contribution in [-0.4, -0.2) is 45.4 Å². The number of thiazole rings is 1. The predicted octanol–water partition coefficient (Wildman–Crippen LogP) is 4.24. The summed E-state index contributed by atoms with van der Waals surface area (Å²) in [7, 11) is -6.58. The number of benzene rings is 2. The lowest BCUT2D eigenvalue weighted by molar-refractivity contribution is 0.594. The maximum Gasteiger partial charge on any atom is 0.206 e. The molecule has 2 aromatic heterocycles. The second-order valence-corrected chi connectivity index (χ2v) is 14.4. The highest BCUT2D eigenvalue weighted by atomic mass is 32.2. The van der Waals surface area contributed by atoms with E-state index < -0.39 is 19.7 Å². The molecule has 0 unspecified atom stereocenters. The topological polar surface area (TPSA) is 121 Å². The van der Waals surface area contributed by atoms with Gasteiger partial charge in [-0.3, -0.25) is 4.98 Å². The molecule has 2 aromatic carbocycles. The Labute approximate surface area is 232 Å². The van der Waals surface area contributed by atoms with Crippen molar-refractivity contribution in [1.82, 2.24) is 15.3 Å². The van der Waals surface area contributed by atoms with E-state index in [-0.39, 0.29) is 15.5 Å².